The molecule has 0 saturated heterocycles. The Hall–Kier alpha value is -2.11. The Morgan fingerprint density at radius 1 is 1.07 bits per heavy atom. The fraction of sp³-hybridized carbons (Fsp3) is 0.458. The first-order valence-corrected chi connectivity index (χ1v) is 11.1. The number of ketones is 1. The van der Waals surface area contributed by atoms with Crippen LogP contribution in [0.1, 0.15) is 54.2 Å². The minimum absolute atomic E-state index is 0.0105. The van der Waals surface area contributed by atoms with Gasteiger partial charge in [0.05, 0.1) is 11.6 Å². The van der Waals surface area contributed by atoms with E-state index in [1.54, 1.807) is 11.3 Å². The van der Waals surface area contributed by atoms with Crippen molar-refractivity contribution in [3.8, 4) is 0 Å². The molecule has 2 heterocycles. The summed E-state index contributed by atoms with van der Waals surface area (Å²) < 4.78 is 0. The highest BCUT2D eigenvalue weighted by molar-refractivity contribution is 7.10. The molecule has 1 aliphatic carbocycles. The summed E-state index contributed by atoms with van der Waals surface area (Å²) in [5, 5.41) is 10.1. The van der Waals surface area contributed by atoms with Crippen LogP contribution in [-0.4, -0.2) is 31.9 Å². The average molecular weight is 410 g/mol. The first-order valence-electron chi connectivity index (χ1n) is 10.2. The summed E-state index contributed by atoms with van der Waals surface area (Å²) in [6, 6.07) is 6.54. The number of carbonyl (C=O) groups excluding carboxylic acids is 1. The molecule has 29 heavy (non-hydrogen) atoms. The van der Waals surface area contributed by atoms with Crippen molar-refractivity contribution in [3.05, 3.63) is 56.4 Å². The molecule has 0 amide bonds. The molecule has 1 aromatic carbocycles. The second kappa shape index (κ2) is 6.99. The van der Waals surface area contributed by atoms with Crippen LogP contribution >= 0.6 is 11.3 Å². The van der Waals surface area contributed by atoms with Crippen LogP contribution in [0, 0.1) is 19.3 Å². The van der Waals surface area contributed by atoms with Gasteiger partial charge < -0.3 is 10.3 Å². The fourth-order valence-corrected chi connectivity index (χ4v) is 5.82. The van der Waals surface area contributed by atoms with Gasteiger partial charge >= 0.3 is 0 Å². The number of carbonyl (C=O) groups is 1. The van der Waals surface area contributed by atoms with Gasteiger partial charge in [0.25, 0.3) is 0 Å². The molecular formula is C24H31N3OS. The third kappa shape index (κ3) is 3.30. The number of hydrogen-bond donors (Lipinski definition) is 1. The van der Waals surface area contributed by atoms with Crippen LogP contribution in [0.25, 0.3) is 0 Å². The van der Waals surface area contributed by atoms with Gasteiger partial charge in [-0.3, -0.25) is 4.79 Å². The minimum atomic E-state index is -0.0119. The molecule has 4 nitrogen and oxygen atoms in total. The second-order valence-corrected chi connectivity index (χ2v) is 10.4. The standard InChI is InChI=1S/C24H31N3OS/c1-14-8-9-16-20(22(14)27(7)26(5)6)21(23-15(2)10-11-29-23)19-17(25-16)12-24(3,4)13-18(19)28/h8-11,21,25H,12-13H2,1-7H3. The van der Waals surface area contributed by atoms with Crippen LogP contribution in [-0.2, 0) is 4.79 Å². The van der Waals surface area contributed by atoms with Crippen LogP contribution in [0.5, 0.6) is 0 Å². The zero-order chi connectivity index (χ0) is 21.1. The molecule has 2 aromatic rings. The quantitative estimate of drug-likeness (QED) is 0.681. The predicted octanol–water partition coefficient (Wildman–Crippen LogP) is 5.48. The number of rotatable bonds is 3. The van der Waals surface area contributed by atoms with Gasteiger partial charge in [0.2, 0.25) is 0 Å². The lowest BCUT2D eigenvalue weighted by atomic mass is 9.69. The molecule has 1 aliphatic heterocycles. The Morgan fingerprint density at radius 3 is 2.41 bits per heavy atom. The monoisotopic (exact) mass is 409 g/mol. The normalized spacial score (nSPS) is 20.4. The third-order valence-corrected chi connectivity index (χ3v) is 7.37. The lowest BCUT2D eigenvalue weighted by Crippen LogP contribution is -2.37. The van der Waals surface area contributed by atoms with E-state index in [-0.39, 0.29) is 17.1 Å². The van der Waals surface area contributed by atoms with E-state index in [2.05, 4.69) is 87.8 Å². The molecule has 154 valence electrons. The van der Waals surface area contributed by atoms with Crippen LogP contribution in [0.15, 0.2) is 34.8 Å². The van der Waals surface area contributed by atoms with Gasteiger partial charge in [-0.05, 0) is 54.3 Å². The molecule has 1 unspecified atom stereocenters. The van der Waals surface area contributed by atoms with Gasteiger partial charge in [0, 0.05) is 55.0 Å². The fourth-order valence-electron chi connectivity index (χ4n) is 4.78. The number of aryl methyl sites for hydroxylation is 2. The number of fused-ring (bicyclic) bond motifs is 1. The Labute approximate surface area is 178 Å². The molecule has 0 fully saturated rings. The number of hydrogen-bond acceptors (Lipinski definition) is 5. The number of thiophene rings is 1. The van der Waals surface area contributed by atoms with Crippen LogP contribution in [0.2, 0.25) is 0 Å². The molecular weight excluding hydrogens is 378 g/mol. The van der Waals surface area contributed by atoms with E-state index in [4.69, 9.17) is 0 Å². The highest BCUT2D eigenvalue weighted by atomic mass is 32.1. The molecule has 0 saturated carbocycles. The highest BCUT2D eigenvalue weighted by Crippen LogP contribution is 2.53. The van der Waals surface area contributed by atoms with E-state index in [1.165, 1.54) is 27.3 Å². The molecule has 1 atom stereocenters. The van der Waals surface area contributed by atoms with Crippen molar-refractivity contribution in [2.24, 2.45) is 5.41 Å². The lowest BCUT2D eigenvalue weighted by molar-refractivity contribution is -0.118. The van der Waals surface area contributed by atoms with Crippen molar-refractivity contribution >= 4 is 28.5 Å². The smallest absolute Gasteiger partial charge is 0.162 e. The van der Waals surface area contributed by atoms with E-state index in [1.807, 2.05) is 0 Å². The number of nitrogens with zero attached hydrogens (tertiary/aromatic N) is 2. The van der Waals surface area contributed by atoms with Crippen molar-refractivity contribution in [2.75, 3.05) is 31.5 Å². The number of nitrogens with one attached hydrogen (secondary N) is 1. The summed E-state index contributed by atoms with van der Waals surface area (Å²) in [6.07, 6.45) is 1.51. The number of Topliss-reactive ketones (excluding diaryl/α,β-unsaturated/α-hetero) is 1. The average Bonchev–Trinajstić information content (AvgIpc) is 3.04. The van der Waals surface area contributed by atoms with Gasteiger partial charge in [-0.1, -0.05) is 19.9 Å². The number of hydrazine groups is 1. The summed E-state index contributed by atoms with van der Waals surface area (Å²) in [4.78, 5) is 14.7. The summed E-state index contributed by atoms with van der Waals surface area (Å²) in [5.41, 5.74) is 8.08. The maximum atomic E-state index is 13.5. The molecule has 1 aromatic heterocycles. The van der Waals surface area contributed by atoms with Crippen molar-refractivity contribution in [2.45, 2.75) is 46.5 Å². The topological polar surface area (TPSA) is 35.6 Å². The molecule has 2 aliphatic rings. The first-order chi connectivity index (χ1) is 13.6. The van der Waals surface area contributed by atoms with Gasteiger partial charge in [0.15, 0.2) is 5.78 Å². The second-order valence-electron chi connectivity index (χ2n) is 9.42. The number of anilines is 2. The third-order valence-electron chi connectivity index (χ3n) is 6.29. The SMILES string of the molecule is Cc1ccsc1C1C2=C(CC(C)(C)CC2=O)Nc2ccc(C)c(N(C)N(C)C)c21. The zero-order valence-corrected chi connectivity index (χ0v) is 19.3. The molecule has 0 radical (unpaired) electrons. The maximum absolute atomic E-state index is 13.5. The molecule has 1 N–H and O–H groups in total. The minimum Gasteiger partial charge on any atom is -0.358 e. The lowest BCUT2D eigenvalue weighted by Gasteiger charge is -2.41. The Bertz CT molecular complexity index is 1020. The summed E-state index contributed by atoms with van der Waals surface area (Å²) >= 11 is 1.77. The van der Waals surface area contributed by atoms with E-state index in [9.17, 15) is 4.79 Å². The Kier molecular flexibility index (Phi) is 4.87. The van der Waals surface area contributed by atoms with Gasteiger partial charge in [-0.25, -0.2) is 5.01 Å². The Balaban J connectivity index is 2.02. The van der Waals surface area contributed by atoms with Gasteiger partial charge in [-0.15, -0.1) is 11.3 Å². The summed E-state index contributed by atoms with van der Waals surface area (Å²) in [5.74, 6) is 0.273. The largest absolute Gasteiger partial charge is 0.358 e. The van der Waals surface area contributed by atoms with Crippen LogP contribution < -0.4 is 10.3 Å². The summed E-state index contributed by atoms with van der Waals surface area (Å²) in [6.45, 7) is 8.70. The van der Waals surface area contributed by atoms with Gasteiger partial charge in [0.1, 0.15) is 0 Å². The van der Waals surface area contributed by atoms with Crippen molar-refractivity contribution in [3.63, 3.8) is 0 Å². The maximum Gasteiger partial charge on any atom is 0.162 e. The summed E-state index contributed by atoms with van der Waals surface area (Å²) in [7, 11) is 6.20. The molecule has 0 spiro atoms. The van der Waals surface area contributed by atoms with Crippen molar-refractivity contribution in [1.29, 1.82) is 0 Å². The Morgan fingerprint density at radius 2 is 1.79 bits per heavy atom. The zero-order valence-electron chi connectivity index (χ0n) is 18.5. The van der Waals surface area contributed by atoms with Crippen molar-refractivity contribution < 1.29 is 4.79 Å². The van der Waals surface area contributed by atoms with E-state index in [0.29, 0.717) is 6.42 Å². The number of benzene rings is 1. The first kappa shape index (κ1) is 20.2. The number of allylic oxidation sites excluding steroid dienone is 2. The van der Waals surface area contributed by atoms with Crippen LogP contribution in [0.3, 0.4) is 0 Å². The highest BCUT2D eigenvalue weighted by Gasteiger charge is 2.42. The predicted molar refractivity (Wildman–Crippen MR) is 123 cm³/mol. The van der Waals surface area contributed by atoms with E-state index >= 15 is 0 Å². The molecule has 0 bridgehead atoms. The molecule has 5 heteroatoms. The van der Waals surface area contributed by atoms with Gasteiger partial charge in [-0.2, -0.15) is 0 Å². The van der Waals surface area contributed by atoms with Crippen molar-refractivity contribution in [1.82, 2.24) is 5.01 Å². The van der Waals surface area contributed by atoms with E-state index < -0.39 is 0 Å². The van der Waals surface area contributed by atoms with E-state index in [0.717, 1.165) is 23.4 Å². The van der Waals surface area contributed by atoms with Crippen LogP contribution in [0.4, 0.5) is 11.4 Å². The molecule has 4 rings (SSSR count).